The molecule has 60 valence electrons. The largest absolute Gasteiger partial charge is 0.390 e. The maximum atomic E-state index is 9.62. The first-order valence-corrected chi connectivity index (χ1v) is 3.37. The summed E-state index contributed by atoms with van der Waals surface area (Å²) in [5.74, 6) is 0. The van der Waals surface area contributed by atoms with E-state index >= 15 is 0 Å². The van der Waals surface area contributed by atoms with Crippen molar-refractivity contribution in [1.82, 2.24) is 5.32 Å². The van der Waals surface area contributed by atoms with Gasteiger partial charge in [0.1, 0.15) is 6.54 Å². The van der Waals surface area contributed by atoms with Crippen molar-refractivity contribution >= 4 is 0 Å². The molecule has 0 saturated heterocycles. The van der Waals surface area contributed by atoms with Crippen LogP contribution in [-0.2, 0) is 0 Å². The highest BCUT2D eigenvalue weighted by molar-refractivity contribution is 4.63. The molecule has 10 heavy (non-hydrogen) atoms. The van der Waals surface area contributed by atoms with Gasteiger partial charge in [0.25, 0.3) is 0 Å². The molecule has 4 heteroatoms. The molecule has 0 saturated carbocycles. The lowest BCUT2D eigenvalue weighted by Gasteiger charge is -2.10. The van der Waals surface area contributed by atoms with Gasteiger partial charge in [-0.3, -0.25) is 0 Å². The minimum atomic E-state index is -0.639. The Morgan fingerprint density at radius 3 is 2.60 bits per heavy atom. The van der Waals surface area contributed by atoms with Crippen molar-refractivity contribution < 1.29 is 5.11 Å². The fraction of sp³-hybridized carbons (Fsp3) is 1.00. The van der Waals surface area contributed by atoms with Crippen molar-refractivity contribution in [3.63, 3.8) is 0 Å². The van der Waals surface area contributed by atoms with E-state index in [-0.39, 0.29) is 6.54 Å². The van der Waals surface area contributed by atoms with E-state index < -0.39 is 6.10 Å². The van der Waals surface area contributed by atoms with Crippen LogP contribution in [0, 0.1) is 4.91 Å². The van der Waals surface area contributed by atoms with Crippen LogP contribution in [0.15, 0.2) is 5.18 Å². The van der Waals surface area contributed by atoms with Crippen LogP contribution in [0.4, 0.5) is 0 Å². The molecule has 0 aliphatic heterocycles. The molecular weight excluding hydrogens is 132 g/mol. The van der Waals surface area contributed by atoms with Gasteiger partial charge < -0.3 is 10.4 Å². The van der Waals surface area contributed by atoms with Gasteiger partial charge in [-0.1, -0.05) is 19.0 Å². The molecule has 0 bridgehead atoms. The van der Waals surface area contributed by atoms with Crippen LogP contribution >= 0.6 is 0 Å². The Morgan fingerprint density at radius 2 is 2.20 bits per heavy atom. The van der Waals surface area contributed by atoms with Crippen LogP contribution in [0.3, 0.4) is 0 Å². The molecule has 0 heterocycles. The quantitative estimate of drug-likeness (QED) is 0.541. The first-order valence-electron chi connectivity index (χ1n) is 3.37. The second kappa shape index (κ2) is 5.32. The van der Waals surface area contributed by atoms with Gasteiger partial charge in [-0.2, -0.15) is 4.91 Å². The Kier molecular flexibility index (Phi) is 5.06. The van der Waals surface area contributed by atoms with Crippen molar-refractivity contribution in [1.29, 1.82) is 0 Å². The average Bonchev–Trinajstić information content (AvgIpc) is 1.85. The third-order valence-electron chi connectivity index (χ3n) is 1.05. The number of hydrogen-bond acceptors (Lipinski definition) is 4. The lowest BCUT2D eigenvalue weighted by Crippen LogP contribution is -2.33. The molecular formula is C6H14N2O2. The smallest absolute Gasteiger partial charge is 0.108 e. The van der Waals surface area contributed by atoms with E-state index in [4.69, 9.17) is 5.11 Å². The summed E-state index contributed by atoms with van der Waals surface area (Å²) in [6.45, 7) is 4.35. The molecule has 0 aliphatic rings. The van der Waals surface area contributed by atoms with Crippen LogP contribution in [0.2, 0.25) is 0 Å². The monoisotopic (exact) mass is 146 g/mol. The fourth-order valence-corrected chi connectivity index (χ4v) is 0.522. The van der Waals surface area contributed by atoms with Crippen LogP contribution in [0.5, 0.6) is 0 Å². The second-order valence-electron chi connectivity index (χ2n) is 2.53. The highest BCUT2D eigenvalue weighted by atomic mass is 16.3. The van der Waals surface area contributed by atoms with E-state index in [1.54, 1.807) is 0 Å². The maximum absolute atomic E-state index is 9.62. The van der Waals surface area contributed by atoms with Gasteiger partial charge >= 0.3 is 0 Å². The highest BCUT2D eigenvalue weighted by Crippen LogP contribution is 1.83. The van der Waals surface area contributed by atoms with Crippen LogP contribution < -0.4 is 5.32 Å². The lowest BCUT2D eigenvalue weighted by molar-refractivity contribution is 0.177. The number of aliphatic hydroxyl groups is 1. The molecule has 0 fully saturated rings. The Labute approximate surface area is 60.6 Å². The predicted molar refractivity (Wildman–Crippen MR) is 39.8 cm³/mol. The minimum Gasteiger partial charge on any atom is -0.390 e. The van der Waals surface area contributed by atoms with Crippen LogP contribution in [0.25, 0.3) is 0 Å². The van der Waals surface area contributed by atoms with Crippen LogP contribution in [-0.4, -0.2) is 30.3 Å². The molecule has 0 amide bonds. The van der Waals surface area contributed by atoms with Crippen molar-refractivity contribution in [2.24, 2.45) is 5.18 Å². The van der Waals surface area contributed by atoms with Gasteiger partial charge in [-0.15, -0.1) is 0 Å². The SMILES string of the molecule is CC(C)NCC(O)CN=O. The van der Waals surface area contributed by atoms with Crippen molar-refractivity contribution in [2.45, 2.75) is 26.0 Å². The van der Waals surface area contributed by atoms with E-state index in [0.29, 0.717) is 12.6 Å². The normalized spacial score (nSPS) is 13.6. The van der Waals surface area contributed by atoms with E-state index in [1.165, 1.54) is 0 Å². The molecule has 1 unspecified atom stereocenters. The van der Waals surface area contributed by atoms with Crippen molar-refractivity contribution in [3.05, 3.63) is 4.91 Å². The van der Waals surface area contributed by atoms with Crippen molar-refractivity contribution in [2.75, 3.05) is 13.1 Å². The Morgan fingerprint density at radius 1 is 1.60 bits per heavy atom. The Hall–Kier alpha value is -0.480. The second-order valence-corrected chi connectivity index (χ2v) is 2.53. The standard InChI is InChI=1S/C6H14N2O2/c1-5(2)7-3-6(9)4-8-10/h5-7,9H,3-4H2,1-2H3. The molecule has 0 aliphatic carbocycles. The first-order chi connectivity index (χ1) is 4.66. The van der Waals surface area contributed by atoms with E-state index in [1.807, 2.05) is 13.8 Å². The van der Waals surface area contributed by atoms with Gasteiger partial charge in [0.05, 0.1) is 6.10 Å². The zero-order valence-electron chi connectivity index (χ0n) is 6.37. The van der Waals surface area contributed by atoms with Gasteiger partial charge in [0, 0.05) is 12.6 Å². The number of rotatable bonds is 5. The minimum absolute atomic E-state index is 0.0281. The summed E-state index contributed by atoms with van der Waals surface area (Å²) in [4.78, 5) is 9.62. The summed E-state index contributed by atoms with van der Waals surface area (Å²) in [6.07, 6.45) is -0.639. The summed E-state index contributed by atoms with van der Waals surface area (Å²) in [5.41, 5.74) is 0. The summed E-state index contributed by atoms with van der Waals surface area (Å²) >= 11 is 0. The highest BCUT2D eigenvalue weighted by Gasteiger charge is 2.02. The fourth-order valence-electron chi connectivity index (χ4n) is 0.522. The van der Waals surface area contributed by atoms with Crippen LogP contribution in [0.1, 0.15) is 13.8 Å². The van der Waals surface area contributed by atoms with Gasteiger partial charge in [-0.25, -0.2) is 0 Å². The van der Waals surface area contributed by atoms with E-state index in [9.17, 15) is 4.91 Å². The maximum Gasteiger partial charge on any atom is 0.108 e. The zero-order valence-corrected chi connectivity index (χ0v) is 6.37. The molecule has 1 atom stereocenters. The number of nitrogens with one attached hydrogen (secondary N) is 1. The Bertz CT molecular complexity index is 95.7. The third-order valence-corrected chi connectivity index (χ3v) is 1.05. The van der Waals surface area contributed by atoms with Gasteiger partial charge in [-0.05, 0) is 0 Å². The number of hydrogen-bond donors (Lipinski definition) is 2. The summed E-state index contributed by atoms with van der Waals surface area (Å²) in [7, 11) is 0. The van der Waals surface area contributed by atoms with E-state index in [2.05, 4.69) is 10.5 Å². The lowest BCUT2D eigenvalue weighted by atomic mass is 10.3. The third kappa shape index (κ3) is 5.65. The van der Waals surface area contributed by atoms with E-state index in [0.717, 1.165) is 0 Å². The van der Waals surface area contributed by atoms with Crippen molar-refractivity contribution in [3.8, 4) is 0 Å². The number of nitroso groups, excluding NO2 is 1. The topological polar surface area (TPSA) is 61.7 Å². The molecule has 0 aromatic heterocycles. The number of aliphatic hydroxyl groups excluding tert-OH is 1. The van der Waals surface area contributed by atoms with Gasteiger partial charge in [0.15, 0.2) is 0 Å². The molecule has 4 nitrogen and oxygen atoms in total. The molecule has 0 aromatic rings. The molecule has 0 radical (unpaired) electrons. The molecule has 2 N–H and O–H groups in total. The predicted octanol–water partition coefficient (Wildman–Crippen LogP) is 0.112. The molecule has 0 spiro atoms. The zero-order chi connectivity index (χ0) is 7.98. The van der Waals surface area contributed by atoms with Gasteiger partial charge in [0.2, 0.25) is 0 Å². The summed E-state index contributed by atoms with van der Waals surface area (Å²) in [6, 6.07) is 0.335. The summed E-state index contributed by atoms with van der Waals surface area (Å²) < 4.78 is 0. The summed E-state index contributed by atoms with van der Waals surface area (Å²) in [5, 5.41) is 14.5. The average molecular weight is 146 g/mol. The first kappa shape index (κ1) is 9.52. The molecule has 0 aromatic carbocycles. The number of nitrogens with zero attached hydrogens (tertiary/aromatic N) is 1. The Balaban J connectivity index is 3.20. The molecule has 0 rings (SSSR count).